The van der Waals surface area contributed by atoms with Crippen LogP contribution in [0, 0.1) is 11.8 Å². The van der Waals surface area contributed by atoms with Crippen molar-refractivity contribution in [2.24, 2.45) is 11.8 Å². The van der Waals surface area contributed by atoms with Crippen molar-refractivity contribution in [1.82, 2.24) is 4.90 Å². The van der Waals surface area contributed by atoms with E-state index in [0.29, 0.717) is 13.2 Å². The monoisotopic (exact) mass is 748 g/mol. The standard InChI is InChI=1S/C47H89NO5/c1-5-9-13-17-19-27-36-44(34-25-15-11-7-3)46(50)52-42-31-23-21-29-38-48(40-33-41-49)39-30-22-24-32-43-53-47(51)45(35-26-16-12-8-4)37-28-20-18-14-10-6-2/h7,25,34,44-45,49H,3,5-6,8-24,26-33,35-43H2,1-2,4H3/b34-25-. The third-order valence-corrected chi connectivity index (χ3v) is 10.6. The van der Waals surface area contributed by atoms with Gasteiger partial charge in [-0.25, -0.2) is 0 Å². The van der Waals surface area contributed by atoms with Gasteiger partial charge in [0.15, 0.2) is 0 Å². The van der Waals surface area contributed by atoms with Crippen LogP contribution in [0.4, 0.5) is 0 Å². The second-order valence-electron chi connectivity index (χ2n) is 15.6. The third kappa shape index (κ3) is 34.6. The Kier molecular flexibility index (Phi) is 40.2. The number of aliphatic hydroxyl groups is 1. The van der Waals surface area contributed by atoms with Crippen molar-refractivity contribution in [3.63, 3.8) is 0 Å². The average molecular weight is 748 g/mol. The lowest BCUT2D eigenvalue weighted by atomic mass is 9.94. The minimum Gasteiger partial charge on any atom is -0.465 e. The van der Waals surface area contributed by atoms with Crippen LogP contribution < -0.4 is 0 Å². The fourth-order valence-corrected chi connectivity index (χ4v) is 7.06. The van der Waals surface area contributed by atoms with Crippen molar-refractivity contribution >= 4 is 11.9 Å². The molecule has 0 amide bonds. The summed E-state index contributed by atoms with van der Waals surface area (Å²) in [5.41, 5.74) is 0. The fraction of sp³-hybridized carbons (Fsp3) is 0.872. The zero-order valence-electron chi connectivity index (χ0n) is 35.6. The van der Waals surface area contributed by atoms with E-state index in [1.807, 2.05) is 6.08 Å². The van der Waals surface area contributed by atoms with Crippen molar-refractivity contribution in [3.8, 4) is 0 Å². The minimum absolute atomic E-state index is 0.0446. The first-order chi connectivity index (χ1) is 26.0. The summed E-state index contributed by atoms with van der Waals surface area (Å²) in [6, 6.07) is 0. The van der Waals surface area contributed by atoms with Crippen molar-refractivity contribution < 1.29 is 24.2 Å². The first kappa shape index (κ1) is 51.3. The Morgan fingerprint density at radius 1 is 0.547 bits per heavy atom. The molecule has 0 aliphatic rings. The number of esters is 2. The molecule has 0 rings (SSSR count). The van der Waals surface area contributed by atoms with Crippen molar-refractivity contribution in [1.29, 1.82) is 0 Å². The summed E-state index contributed by atoms with van der Waals surface area (Å²) in [6.07, 6.45) is 40.0. The van der Waals surface area contributed by atoms with Crippen molar-refractivity contribution in [3.05, 3.63) is 24.8 Å². The Bertz CT molecular complexity index is 830. The summed E-state index contributed by atoms with van der Waals surface area (Å²) >= 11 is 0. The molecule has 2 unspecified atom stereocenters. The summed E-state index contributed by atoms with van der Waals surface area (Å²) < 4.78 is 11.5. The molecule has 6 heteroatoms. The van der Waals surface area contributed by atoms with E-state index in [-0.39, 0.29) is 30.4 Å². The summed E-state index contributed by atoms with van der Waals surface area (Å²) in [5.74, 6) is -0.0613. The summed E-state index contributed by atoms with van der Waals surface area (Å²) in [4.78, 5) is 28.3. The Morgan fingerprint density at radius 2 is 0.981 bits per heavy atom. The van der Waals surface area contributed by atoms with Gasteiger partial charge in [-0.3, -0.25) is 9.59 Å². The SMILES string of the molecule is C=CCC/C=C\C(CCCCCCCC)C(=O)OCCCCCCN(CCCO)CCCCCCOC(=O)C(CCCCCC)CCCCCCCC. The Morgan fingerprint density at radius 3 is 1.51 bits per heavy atom. The van der Waals surface area contributed by atoms with Gasteiger partial charge >= 0.3 is 11.9 Å². The highest BCUT2D eigenvalue weighted by Gasteiger charge is 2.19. The number of hydrogen-bond acceptors (Lipinski definition) is 6. The number of allylic oxidation sites excluding steroid dienone is 2. The van der Waals surface area contributed by atoms with Gasteiger partial charge < -0.3 is 19.5 Å². The number of nitrogens with zero attached hydrogens (tertiary/aromatic N) is 1. The Labute approximate surface area is 329 Å². The highest BCUT2D eigenvalue weighted by atomic mass is 16.5. The average Bonchev–Trinajstić information content (AvgIpc) is 3.16. The number of carbonyl (C=O) groups is 2. The number of rotatable bonds is 42. The van der Waals surface area contributed by atoms with Gasteiger partial charge in [0, 0.05) is 13.2 Å². The molecule has 0 saturated carbocycles. The Balaban J connectivity index is 4.31. The van der Waals surface area contributed by atoms with E-state index < -0.39 is 0 Å². The molecular formula is C47H89NO5. The molecular weight excluding hydrogens is 659 g/mol. The molecule has 0 fully saturated rings. The molecule has 0 aromatic carbocycles. The highest BCUT2D eigenvalue weighted by Crippen LogP contribution is 2.21. The lowest BCUT2D eigenvalue weighted by molar-refractivity contribution is -0.149. The van der Waals surface area contributed by atoms with E-state index in [0.717, 1.165) is 129 Å². The maximum Gasteiger partial charge on any atom is 0.312 e. The van der Waals surface area contributed by atoms with Gasteiger partial charge in [0.05, 0.1) is 25.0 Å². The lowest BCUT2D eigenvalue weighted by Crippen LogP contribution is -2.28. The summed E-state index contributed by atoms with van der Waals surface area (Å²) in [7, 11) is 0. The van der Waals surface area contributed by atoms with Gasteiger partial charge in [0.2, 0.25) is 0 Å². The van der Waals surface area contributed by atoms with Crippen LogP contribution in [0.2, 0.25) is 0 Å². The Hall–Kier alpha value is -1.66. The molecule has 0 aromatic heterocycles. The fourth-order valence-electron chi connectivity index (χ4n) is 7.06. The van der Waals surface area contributed by atoms with Crippen LogP contribution in [-0.2, 0) is 19.1 Å². The second kappa shape index (κ2) is 41.5. The first-order valence-electron chi connectivity index (χ1n) is 23.0. The molecule has 6 nitrogen and oxygen atoms in total. The van der Waals surface area contributed by atoms with Gasteiger partial charge in [-0.2, -0.15) is 0 Å². The van der Waals surface area contributed by atoms with Crippen LogP contribution in [0.25, 0.3) is 0 Å². The van der Waals surface area contributed by atoms with Gasteiger partial charge in [-0.15, -0.1) is 6.58 Å². The number of unbranched alkanes of at least 4 members (excludes halogenated alkanes) is 20. The predicted molar refractivity (Wildman–Crippen MR) is 227 cm³/mol. The highest BCUT2D eigenvalue weighted by molar-refractivity contribution is 5.74. The molecule has 0 aromatic rings. The smallest absolute Gasteiger partial charge is 0.312 e. The quantitative estimate of drug-likeness (QED) is 0.0381. The number of hydrogen-bond donors (Lipinski definition) is 1. The molecule has 53 heavy (non-hydrogen) atoms. The van der Waals surface area contributed by atoms with E-state index >= 15 is 0 Å². The predicted octanol–water partition coefficient (Wildman–Crippen LogP) is 13.1. The molecule has 0 aliphatic heterocycles. The molecule has 0 saturated heterocycles. The zero-order valence-corrected chi connectivity index (χ0v) is 35.6. The van der Waals surface area contributed by atoms with Crippen LogP contribution in [0.15, 0.2) is 24.8 Å². The van der Waals surface area contributed by atoms with E-state index in [4.69, 9.17) is 9.47 Å². The first-order valence-corrected chi connectivity index (χ1v) is 23.0. The molecule has 312 valence electrons. The normalized spacial score (nSPS) is 12.8. The molecule has 0 aliphatic carbocycles. The van der Waals surface area contributed by atoms with Crippen LogP contribution in [-0.4, -0.2) is 61.4 Å². The second-order valence-corrected chi connectivity index (χ2v) is 15.6. The van der Waals surface area contributed by atoms with Gasteiger partial charge in [0.1, 0.15) is 0 Å². The van der Waals surface area contributed by atoms with E-state index in [1.54, 1.807) is 0 Å². The third-order valence-electron chi connectivity index (χ3n) is 10.6. The van der Waals surface area contributed by atoms with E-state index in [1.165, 1.54) is 83.5 Å². The van der Waals surface area contributed by atoms with Crippen molar-refractivity contribution in [2.45, 2.75) is 213 Å². The lowest BCUT2D eigenvalue weighted by Gasteiger charge is -2.22. The van der Waals surface area contributed by atoms with Crippen molar-refractivity contribution in [2.75, 3.05) is 39.5 Å². The molecule has 0 bridgehead atoms. The van der Waals surface area contributed by atoms with Crippen LogP contribution in [0.3, 0.4) is 0 Å². The largest absolute Gasteiger partial charge is 0.465 e. The molecule has 0 radical (unpaired) electrons. The number of carbonyl (C=O) groups excluding carboxylic acids is 2. The molecule has 0 heterocycles. The number of aliphatic hydroxyl groups excluding tert-OH is 1. The maximum atomic E-state index is 12.9. The number of ether oxygens (including phenoxy) is 2. The summed E-state index contributed by atoms with van der Waals surface area (Å²) in [5, 5.41) is 9.43. The van der Waals surface area contributed by atoms with E-state index in [9.17, 15) is 14.7 Å². The zero-order chi connectivity index (χ0) is 38.9. The maximum absolute atomic E-state index is 12.9. The molecule has 2 atom stereocenters. The van der Waals surface area contributed by atoms with Crippen LogP contribution in [0.5, 0.6) is 0 Å². The van der Waals surface area contributed by atoms with E-state index in [2.05, 4.69) is 44.4 Å². The topological polar surface area (TPSA) is 76.1 Å². The summed E-state index contributed by atoms with van der Waals surface area (Å²) in [6.45, 7) is 14.8. The molecule has 1 N–H and O–H groups in total. The minimum atomic E-state index is -0.127. The van der Waals surface area contributed by atoms with Crippen LogP contribution >= 0.6 is 0 Å². The molecule has 0 spiro atoms. The van der Waals surface area contributed by atoms with Gasteiger partial charge in [-0.05, 0) is 77.3 Å². The van der Waals surface area contributed by atoms with Crippen LogP contribution in [0.1, 0.15) is 213 Å². The van der Waals surface area contributed by atoms with Gasteiger partial charge in [-0.1, -0.05) is 167 Å². The van der Waals surface area contributed by atoms with Gasteiger partial charge in [0.25, 0.3) is 0 Å².